The lowest BCUT2D eigenvalue weighted by atomic mass is 9.82. The highest BCUT2D eigenvalue weighted by Gasteiger charge is 2.34. The van der Waals surface area contributed by atoms with Crippen LogP contribution in [0.3, 0.4) is 0 Å². The predicted octanol–water partition coefficient (Wildman–Crippen LogP) is 0.722. The minimum Gasteiger partial charge on any atom is -0.396 e. The van der Waals surface area contributed by atoms with E-state index < -0.39 is 5.54 Å². The Bertz CT molecular complexity index is 318. The van der Waals surface area contributed by atoms with Crippen molar-refractivity contribution in [1.82, 2.24) is 10.1 Å². The normalized spacial score (nSPS) is 20.4. The van der Waals surface area contributed by atoms with Gasteiger partial charge in [-0.25, -0.2) is 0 Å². The molecule has 0 amide bonds. The highest BCUT2D eigenvalue weighted by atomic mass is 16.5. The number of hydrogen-bond donors (Lipinski definition) is 2. The molecular formula is C10H17N3O2. The molecule has 0 bridgehead atoms. The fourth-order valence-electron chi connectivity index (χ4n) is 2.05. The number of hydrogen-bond acceptors (Lipinski definition) is 5. The summed E-state index contributed by atoms with van der Waals surface area (Å²) < 4.78 is 5.16. The smallest absolute Gasteiger partial charge is 0.246 e. The van der Waals surface area contributed by atoms with Gasteiger partial charge in [0.1, 0.15) is 0 Å². The van der Waals surface area contributed by atoms with Gasteiger partial charge in [-0.15, -0.1) is 0 Å². The van der Waals surface area contributed by atoms with Gasteiger partial charge in [-0.05, 0) is 12.8 Å². The van der Waals surface area contributed by atoms with Crippen molar-refractivity contribution < 1.29 is 9.63 Å². The average molecular weight is 211 g/mol. The molecule has 0 atom stereocenters. The van der Waals surface area contributed by atoms with E-state index in [1.165, 1.54) is 6.42 Å². The van der Waals surface area contributed by atoms with E-state index in [0.29, 0.717) is 18.1 Å². The molecule has 3 N–H and O–H groups in total. The highest BCUT2D eigenvalue weighted by molar-refractivity contribution is 5.03. The van der Waals surface area contributed by atoms with Crippen molar-refractivity contribution in [2.24, 2.45) is 5.73 Å². The van der Waals surface area contributed by atoms with Crippen LogP contribution < -0.4 is 5.73 Å². The van der Waals surface area contributed by atoms with Crippen LogP contribution in [0.2, 0.25) is 0 Å². The van der Waals surface area contributed by atoms with E-state index in [1.54, 1.807) is 0 Å². The summed E-state index contributed by atoms with van der Waals surface area (Å²) in [5.41, 5.74) is 5.80. The van der Waals surface area contributed by atoms with Gasteiger partial charge in [-0.1, -0.05) is 24.4 Å². The lowest BCUT2D eigenvalue weighted by Gasteiger charge is -2.29. The number of aliphatic hydroxyl groups excluding tert-OH is 1. The fourth-order valence-corrected chi connectivity index (χ4v) is 2.05. The molecule has 2 rings (SSSR count). The Hall–Kier alpha value is -0.940. The van der Waals surface area contributed by atoms with Crippen LogP contribution in [-0.2, 0) is 12.0 Å². The molecule has 1 saturated carbocycles. The molecule has 5 nitrogen and oxygen atoms in total. The molecule has 1 aromatic heterocycles. The highest BCUT2D eigenvalue weighted by Crippen LogP contribution is 2.33. The van der Waals surface area contributed by atoms with Gasteiger partial charge in [-0.2, -0.15) is 4.98 Å². The lowest BCUT2D eigenvalue weighted by Crippen LogP contribution is -2.39. The summed E-state index contributed by atoms with van der Waals surface area (Å²) in [5.74, 6) is 1.08. The molecule has 15 heavy (non-hydrogen) atoms. The fraction of sp³-hybridized carbons (Fsp3) is 0.800. The van der Waals surface area contributed by atoms with Gasteiger partial charge in [-0.3, -0.25) is 0 Å². The van der Waals surface area contributed by atoms with Crippen LogP contribution in [0, 0.1) is 0 Å². The minimum absolute atomic E-state index is 0.0382. The summed E-state index contributed by atoms with van der Waals surface area (Å²) >= 11 is 0. The summed E-state index contributed by atoms with van der Waals surface area (Å²) in [6.07, 6.45) is 5.72. The third-order valence-electron chi connectivity index (χ3n) is 2.98. The van der Waals surface area contributed by atoms with Crippen LogP contribution in [0.1, 0.15) is 43.8 Å². The molecule has 5 heteroatoms. The third kappa shape index (κ3) is 2.18. The summed E-state index contributed by atoms with van der Waals surface area (Å²) in [6, 6.07) is 0. The summed E-state index contributed by atoms with van der Waals surface area (Å²) in [4.78, 5) is 4.23. The predicted molar refractivity (Wildman–Crippen MR) is 54.0 cm³/mol. The maximum absolute atomic E-state index is 8.75. The quantitative estimate of drug-likeness (QED) is 0.769. The molecule has 1 aromatic rings. The Labute approximate surface area is 88.7 Å². The molecule has 0 radical (unpaired) electrons. The summed E-state index contributed by atoms with van der Waals surface area (Å²) in [7, 11) is 0. The summed E-state index contributed by atoms with van der Waals surface area (Å²) in [6.45, 7) is 0.0382. The maximum atomic E-state index is 8.75. The SMILES string of the molecule is NC1(c2nc(CCO)no2)CCCCC1. The molecular weight excluding hydrogens is 194 g/mol. The summed E-state index contributed by atoms with van der Waals surface area (Å²) in [5, 5.41) is 12.6. The van der Waals surface area contributed by atoms with Crippen molar-refractivity contribution in [3.63, 3.8) is 0 Å². The molecule has 1 aliphatic carbocycles. The van der Waals surface area contributed by atoms with Gasteiger partial charge >= 0.3 is 0 Å². The number of aromatic nitrogens is 2. The zero-order chi connectivity index (χ0) is 10.7. The van der Waals surface area contributed by atoms with E-state index in [4.69, 9.17) is 15.4 Å². The van der Waals surface area contributed by atoms with Gasteiger partial charge in [0, 0.05) is 6.42 Å². The van der Waals surface area contributed by atoms with E-state index in [0.717, 1.165) is 25.7 Å². The van der Waals surface area contributed by atoms with E-state index in [2.05, 4.69) is 10.1 Å². The van der Waals surface area contributed by atoms with Crippen LogP contribution in [0.15, 0.2) is 4.52 Å². The van der Waals surface area contributed by atoms with E-state index >= 15 is 0 Å². The Morgan fingerprint density at radius 2 is 2.07 bits per heavy atom. The van der Waals surface area contributed by atoms with Crippen LogP contribution in [-0.4, -0.2) is 21.9 Å². The number of aliphatic hydroxyl groups is 1. The van der Waals surface area contributed by atoms with Crippen LogP contribution in [0.25, 0.3) is 0 Å². The second kappa shape index (κ2) is 4.28. The second-order valence-corrected chi connectivity index (χ2v) is 4.21. The average Bonchev–Trinajstić information content (AvgIpc) is 2.69. The Balaban J connectivity index is 2.12. The number of nitrogens with zero attached hydrogens (tertiary/aromatic N) is 2. The molecule has 0 spiro atoms. The van der Waals surface area contributed by atoms with E-state index in [-0.39, 0.29) is 6.61 Å². The monoisotopic (exact) mass is 211 g/mol. The zero-order valence-electron chi connectivity index (χ0n) is 8.78. The van der Waals surface area contributed by atoms with Crippen molar-refractivity contribution in [2.45, 2.75) is 44.1 Å². The first-order valence-electron chi connectivity index (χ1n) is 5.47. The van der Waals surface area contributed by atoms with Gasteiger partial charge < -0.3 is 15.4 Å². The van der Waals surface area contributed by atoms with Crippen molar-refractivity contribution in [3.8, 4) is 0 Å². The Kier molecular flexibility index (Phi) is 3.02. The molecule has 1 fully saturated rings. The molecule has 1 heterocycles. The third-order valence-corrected chi connectivity index (χ3v) is 2.98. The van der Waals surface area contributed by atoms with E-state index in [9.17, 15) is 0 Å². The van der Waals surface area contributed by atoms with E-state index in [1.807, 2.05) is 0 Å². The first-order valence-corrected chi connectivity index (χ1v) is 5.47. The lowest BCUT2D eigenvalue weighted by molar-refractivity contribution is 0.219. The first kappa shape index (κ1) is 10.6. The van der Waals surface area contributed by atoms with Crippen molar-refractivity contribution >= 4 is 0 Å². The Morgan fingerprint density at radius 3 is 2.73 bits per heavy atom. The maximum Gasteiger partial charge on any atom is 0.246 e. The van der Waals surface area contributed by atoms with Crippen LogP contribution in [0.4, 0.5) is 0 Å². The largest absolute Gasteiger partial charge is 0.396 e. The second-order valence-electron chi connectivity index (χ2n) is 4.21. The number of nitrogens with two attached hydrogens (primary N) is 1. The first-order chi connectivity index (χ1) is 7.24. The van der Waals surface area contributed by atoms with Crippen LogP contribution in [0.5, 0.6) is 0 Å². The van der Waals surface area contributed by atoms with Gasteiger partial charge in [0.25, 0.3) is 0 Å². The topological polar surface area (TPSA) is 85.2 Å². The van der Waals surface area contributed by atoms with Crippen LogP contribution >= 0.6 is 0 Å². The van der Waals surface area contributed by atoms with Crippen molar-refractivity contribution in [1.29, 1.82) is 0 Å². The molecule has 0 unspecified atom stereocenters. The molecule has 0 aliphatic heterocycles. The molecule has 0 aromatic carbocycles. The van der Waals surface area contributed by atoms with Crippen molar-refractivity contribution in [3.05, 3.63) is 11.7 Å². The van der Waals surface area contributed by atoms with Crippen molar-refractivity contribution in [2.75, 3.05) is 6.61 Å². The zero-order valence-corrected chi connectivity index (χ0v) is 8.78. The van der Waals surface area contributed by atoms with Gasteiger partial charge in [0.05, 0.1) is 12.1 Å². The molecule has 84 valence electrons. The number of rotatable bonds is 3. The Morgan fingerprint density at radius 1 is 1.33 bits per heavy atom. The molecule has 1 aliphatic rings. The standard InChI is InChI=1S/C10H17N3O2/c11-10(5-2-1-3-6-10)9-12-8(4-7-14)13-15-9/h14H,1-7,11H2. The van der Waals surface area contributed by atoms with Gasteiger partial charge in [0.15, 0.2) is 5.82 Å². The van der Waals surface area contributed by atoms with Gasteiger partial charge in [0.2, 0.25) is 5.89 Å². The molecule has 0 saturated heterocycles. The minimum atomic E-state index is -0.432.